The van der Waals surface area contributed by atoms with Crippen LogP contribution in [0.25, 0.3) is 0 Å². The zero-order valence-electron chi connectivity index (χ0n) is 7.19. The molecule has 12 heavy (non-hydrogen) atoms. The van der Waals surface area contributed by atoms with Gasteiger partial charge in [0.15, 0.2) is 0 Å². The maximum atomic E-state index is 11.1. The van der Waals surface area contributed by atoms with Crippen molar-refractivity contribution >= 4 is 25.5 Å². The van der Waals surface area contributed by atoms with Crippen LogP contribution in [0, 0.1) is 0 Å². The normalized spacial score (nSPS) is 13.2. The molecule has 0 radical (unpaired) electrons. The topological polar surface area (TPSA) is 80.4 Å². The maximum Gasteiger partial charge on any atom is 0.320 e. The van der Waals surface area contributed by atoms with E-state index in [9.17, 15) is 9.36 Å². The Morgan fingerprint density at radius 1 is 1.58 bits per heavy atom. The minimum Gasteiger partial charge on any atom is -0.480 e. The molecule has 0 aromatic carbocycles. The van der Waals surface area contributed by atoms with Crippen LogP contribution in [0.5, 0.6) is 0 Å². The molecule has 0 saturated heterocycles. The van der Waals surface area contributed by atoms with Crippen molar-refractivity contribution in [2.45, 2.75) is 12.5 Å². The average molecular weight is 216 g/mol. The van der Waals surface area contributed by atoms with Gasteiger partial charge >= 0.3 is 5.97 Å². The molecule has 0 aliphatic heterocycles. The summed E-state index contributed by atoms with van der Waals surface area (Å²) in [5, 5.41) is 8.36. The highest BCUT2D eigenvalue weighted by atomic mass is 35.5. The Bertz CT molecular complexity index is 191. The Balaban J connectivity index is 0. The largest absolute Gasteiger partial charge is 0.480 e. The standard InChI is InChI=1S/C6H14NO3P.ClH/c1-11(2,10)4-3-5(7)6(8)9;/h5H,3-4,7H2,1-2H3,(H,8,9);1H. The number of carboxylic acid groups (broad SMARTS) is 1. The van der Waals surface area contributed by atoms with Crippen molar-refractivity contribution in [2.24, 2.45) is 5.73 Å². The number of aliphatic carboxylic acids is 1. The van der Waals surface area contributed by atoms with Gasteiger partial charge in [-0.3, -0.25) is 4.79 Å². The molecule has 0 saturated carbocycles. The van der Waals surface area contributed by atoms with Gasteiger partial charge < -0.3 is 15.4 Å². The van der Waals surface area contributed by atoms with Crippen molar-refractivity contribution in [2.75, 3.05) is 19.5 Å². The Labute approximate surface area is 78.3 Å². The molecular weight excluding hydrogens is 200 g/mol. The summed E-state index contributed by atoms with van der Waals surface area (Å²) < 4.78 is 11.1. The van der Waals surface area contributed by atoms with Crippen LogP contribution in [0.15, 0.2) is 0 Å². The highest BCUT2D eigenvalue weighted by molar-refractivity contribution is 7.62. The summed E-state index contributed by atoms with van der Waals surface area (Å²) in [4.78, 5) is 10.2. The molecule has 3 N–H and O–H groups in total. The van der Waals surface area contributed by atoms with E-state index in [-0.39, 0.29) is 12.4 Å². The molecule has 0 heterocycles. The molecule has 0 bridgehead atoms. The molecule has 0 amide bonds. The van der Waals surface area contributed by atoms with Gasteiger partial charge in [0.1, 0.15) is 6.04 Å². The van der Waals surface area contributed by atoms with E-state index in [0.29, 0.717) is 12.6 Å². The molecule has 0 spiro atoms. The summed E-state index contributed by atoms with van der Waals surface area (Å²) in [6, 6.07) is -0.872. The molecule has 1 unspecified atom stereocenters. The number of nitrogens with two attached hydrogens (primary N) is 1. The van der Waals surface area contributed by atoms with Crippen molar-refractivity contribution in [3.8, 4) is 0 Å². The third-order valence-electron chi connectivity index (χ3n) is 1.30. The lowest BCUT2D eigenvalue weighted by molar-refractivity contribution is -0.138. The molecular formula is C6H15ClNO3P. The van der Waals surface area contributed by atoms with Gasteiger partial charge in [0.2, 0.25) is 0 Å². The second kappa shape index (κ2) is 5.57. The van der Waals surface area contributed by atoms with Crippen LogP contribution < -0.4 is 5.73 Å². The van der Waals surface area contributed by atoms with Crippen LogP contribution in [-0.4, -0.2) is 36.6 Å². The number of carbonyl (C=O) groups is 1. The number of halogens is 1. The van der Waals surface area contributed by atoms with E-state index in [1.807, 2.05) is 0 Å². The summed E-state index contributed by atoms with van der Waals surface area (Å²) in [6.07, 6.45) is 0.695. The number of hydrogen-bond acceptors (Lipinski definition) is 3. The molecule has 74 valence electrons. The second-order valence-electron chi connectivity index (χ2n) is 3.03. The molecule has 0 aromatic rings. The van der Waals surface area contributed by atoms with Gasteiger partial charge in [0.05, 0.1) is 7.14 Å². The minimum absolute atomic E-state index is 0. The summed E-state index contributed by atoms with van der Waals surface area (Å²) >= 11 is 0. The predicted molar refractivity (Wildman–Crippen MR) is 51.8 cm³/mol. The Morgan fingerprint density at radius 3 is 2.25 bits per heavy atom. The Morgan fingerprint density at radius 2 is 2.00 bits per heavy atom. The van der Waals surface area contributed by atoms with E-state index in [4.69, 9.17) is 10.8 Å². The molecule has 0 fully saturated rings. The summed E-state index contributed by atoms with van der Waals surface area (Å²) in [5.41, 5.74) is 5.20. The lowest BCUT2D eigenvalue weighted by atomic mass is 10.2. The molecule has 6 heteroatoms. The van der Waals surface area contributed by atoms with E-state index in [2.05, 4.69) is 0 Å². The molecule has 4 nitrogen and oxygen atoms in total. The van der Waals surface area contributed by atoms with E-state index in [1.54, 1.807) is 13.3 Å². The van der Waals surface area contributed by atoms with Gasteiger partial charge in [0.25, 0.3) is 0 Å². The molecule has 0 aromatic heterocycles. The lowest BCUT2D eigenvalue weighted by Gasteiger charge is -2.08. The van der Waals surface area contributed by atoms with Crippen LogP contribution in [0.1, 0.15) is 6.42 Å². The van der Waals surface area contributed by atoms with Crippen molar-refractivity contribution in [1.82, 2.24) is 0 Å². The second-order valence-corrected chi connectivity index (χ2v) is 6.63. The Hall–Kier alpha value is -0.0500. The van der Waals surface area contributed by atoms with Crippen molar-refractivity contribution in [1.29, 1.82) is 0 Å². The Kier molecular flexibility index (Phi) is 6.72. The SMILES string of the molecule is CP(C)(=O)CCC(N)C(=O)O.Cl. The van der Waals surface area contributed by atoms with Gasteiger partial charge in [-0.25, -0.2) is 0 Å². The summed E-state index contributed by atoms with van der Waals surface area (Å²) in [7, 11) is -2.10. The summed E-state index contributed by atoms with van der Waals surface area (Å²) in [6.45, 7) is 3.25. The first kappa shape index (κ1) is 14.5. The fraction of sp³-hybridized carbons (Fsp3) is 0.833. The number of hydrogen-bond donors (Lipinski definition) is 2. The van der Waals surface area contributed by atoms with Gasteiger partial charge in [-0.15, -0.1) is 12.4 Å². The van der Waals surface area contributed by atoms with Crippen LogP contribution >= 0.6 is 19.5 Å². The number of carboxylic acids is 1. The molecule has 1 atom stereocenters. The van der Waals surface area contributed by atoms with E-state index in [1.165, 1.54) is 0 Å². The summed E-state index contributed by atoms with van der Waals surface area (Å²) in [5.74, 6) is -1.03. The quantitative estimate of drug-likeness (QED) is 0.681. The maximum absolute atomic E-state index is 11.1. The number of rotatable bonds is 4. The molecule has 0 aliphatic carbocycles. The zero-order valence-corrected chi connectivity index (χ0v) is 8.90. The molecule has 0 rings (SSSR count). The van der Waals surface area contributed by atoms with Gasteiger partial charge in [-0.2, -0.15) is 0 Å². The lowest BCUT2D eigenvalue weighted by Crippen LogP contribution is -2.30. The first-order valence-corrected chi connectivity index (χ1v) is 6.14. The minimum atomic E-state index is -2.10. The van der Waals surface area contributed by atoms with Gasteiger partial charge in [0, 0.05) is 6.16 Å². The monoisotopic (exact) mass is 215 g/mol. The first-order chi connectivity index (χ1) is 4.83. The zero-order chi connectivity index (χ0) is 9.07. The fourth-order valence-electron chi connectivity index (χ4n) is 0.573. The van der Waals surface area contributed by atoms with E-state index < -0.39 is 19.2 Å². The third-order valence-corrected chi connectivity index (χ3v) is 2.63. The predicted octanol–water partition coefficient (Wildman–Crippen LogP) is 0.833. The highest BCUT2D eigenvalue weighted by Gasteiger charge is 2.15. The average Bonchev–Trinajstić information content (AvgIpc) is 1.80. The van der Waals surface area contributed by atoms with Crippen LogP contribution in [0.3, 0.4) is 0 Å². The van der Waals surface area contributed by atoms with Crippen LogP contribution in [-0.2, 0) is 9.36 Å². The smallest absolute Gasteiger partial charge is 0.320 e. The first-order valence-electron chi connectivity index (χ1n) is 3.35. The highest BCUT2D eigenvalue weighted by Crippen LogP contribution is 2.36. The van der Waals surface area contributed by atoms with Crippen LogP contribution in [0.2, 0.25) is 0 Å². The van der Waals surface area contributed by atoms with Gasteiger partial charge in [-0.1, -0.05) is 0 Å². The van der Waals surface area contributed by atoms with Crippen molar-refractivity contribution in [3.63, 3.8) is 0 Å². The van der Waals surface area contributed by atoms with Crippen molar-refractivity contribution < 1.29 is 14.5 Å². The third kappa shape index (κ3) is 8.05. The van der Waals surface area contributed by atoms with Gasteiger partial charge in [-0.05, 0) is 19.8 Å². The van der Waals surface area contributed by atoms with Crippen molar-refractivity contribution in [3.05, 3.63) is 0 Å². The van der Waals surface area contributed by atoms with E-state index >= 15 is 0 Å². The molecule has 0 aliphatic rings. The van der Waals surface area contributed by atoms with E-state index in [0.717, 1.165) is 0 Å². The fourth-order valence-corrected chi connectivity index (χ4v) is 1.47. The van der Waals surface area contributed by atoms with Crippen LogP contribution in [0.4, 0.5) is 0 Å².